The summed E-state index contributed by atoms with van der Waals surface area (Å²) in [7, 11) is 3.23. The molecule has 1 atom stereocenters. The zero-order valence-electron chi connectivity index (χ0n) is 16.2. The lowest BCUT2D eigenvalue weighted by molar-refractivity contribution is 0.123. The van der Waals surface area contributed by atoms with Crippen molar-refractivity contribution in [3.63, 3.8) is 0 Å². The molecule has 1 aliphatic rings. The molecule has 0 radical (unpaired) electrons. The van der Waals surface area contributed by atoms with Crippen molar-refractivity contribution < 1.29 is 14.6 Å². The number of hydrogen-bond acceptors (Lipinski definition) is 4. The highest BCUT2D eigenvalue weighted by Crippen LogP contribution is 2.39. The number of hydrogen-bond donors (Lipinski definition) is 2. The lowest BCUT2D eigenvalue weighted by Crippen LogP contribution is -2.41. The summed E-state index contributed by atoms with van der Waals surface area (Å²) >= 11 is 5.59. The van der Waals surface area contributed by atoms with Crippen LogP contribution in [-0.2, 0) is 6.54 Å². The third-order valence-corrected chi connectivity index (χ3v) is 5.27. The minimum absolute atomic E-state index is 0.395. The van der Waals surface area contributed by atoms with Crippen LogP contribution in [0.25, 0.3) is 0 Å². The Hall–Kier alpha value is -2.31. The summed E-state index contributed by atoms with van der Waals surface area (Å²) in [5, 5.41) is 14.6. The van der Waals surface area contributed by atoms with Crippen LogP contribution in [-0.4, -0.2) is 35.9 Å². The predicted molar refractivity (Wildman–Crippen MR) is 112 cm³/mol. The van der Waals surface area contributed by atoms with Crippen molar-refractivity contribution in [3.05, 3.63) is 53.1 Å². The zero-order chi connectivity index (χ0) is 19.6. The third-order valence-electron chi connectivity index (χ3n) is 4.91. The highest BCUT2D eigenvalue weighted by Gasteiger charge is 2.30. The minimum Gasteiger partial charge on any atom is -0.496 e. The second-order valence-electron chi connectivity index (χ2n) is 6.97. The van der Waals surface area contributed by atoms with Crippen molar-refractivity contribution in [1.29, 1.82) is 0 Å². The summed E-state index contributed by atoms with van der Waals surface area (Å²) in [6.45, 7) is 5.28. The minimum atomic E-state index is -0.707. The van der Waals surface area contributed by atoms with E-state index in [2.05, 4.69) is 31.3 Å². The van der Waals surface area contributed by atoms with Crippen molar-refractivity contribution in [2.24, 2.45) is 0 Å². The summed E-state index contributed by atoms with van der Waals surface area (Å²) in [4.78, 5) is 1.95. The Kier molecular flexibility index (Phi) is 5.87. The average Bonchev–Trinajstić information content (AvgIpc) is 2.67. The van der Waals surface area contributed by atoms with Crippen molar-refractivity contribution in [1.82, 2.24) is 4.90 Å². The van der Waals surface area contributed by atoms with Gasteiger partial charge in [0.1, 0.15) is 17.6 Å². The second-order valence-corrected chi connectivity index (χ2v) is 7.35. The number of nitrogens with one attached hydrogen (secondary N) is 1. The number of methoxy groups -OCH3 is 2. The second kappa shape index (κ2) is 8.15. The van der Waals surface area contributed by atoms with Crippen molar-refractivity contribution in [2.75, 3.05) is 26.1 Å². The standard InChI is InChI=1S/C21H26N2O3S/c1-13(2)14-5-7-15(8-6-14)22-21(27)23-11-16-18(25-3)9-10-19(26-4)20(16)17(24)12-23/h5-10,13,17,24H,11-12H2,1-4H3,(H,22,27)/t17-/m0/s1. The number of rotatable bonds is 4. The maximum atomic E-state index is 10.7. The molecule has 3 rings (SSSR count). The highest BCUT2D eigenvalue weighted by atomic mass is 32.1. The molecule has 5 nitrogen and oxygen atoms in total. The van der Waals surface area contributed by atoms with Crippen LogP contribution < -0.4 is 14.8 Å². The Balaban J connectivity index is 1.80. The van der Waals surface area contributed by atoms with Crippen LogP contribution >= 0.6 is 12.2 Å². The number of β-amino-alcohol motifs (C(OH)–C–C–N with tert-alkyl or cyclic N) is 1. The Morgan fingerprint density at radius 2 is 1.74 bits per heavy atom. The van der Waals surface area contributed by atoms with Gasteiger partial charge in [0.05, 0.1) is 20.8 Å². The Labute approximate surface area is 165 Å². The molecule has 1 aliphatic heterocycles. The Bertz CT molecular complexity index is 821. The number of aliphatic hydroxyl groups excluding tert-OH is 1. The van der Waals surface area contributed by atoms with Gasteiger partial charge in [0.2, 0.25) is 0 Å². The van der Waals surface area contributed by atoms with E-state index in [4.69, 9.17) is 21.7 Å². The first-order valence-electron chi connectivity index (χ1n) is 9.02. The van der Waals surface area contributed by atoms with E-state index < -0.39 is 6.10 Å². The van der Waals surface area contributed by atoms with Gasteiger partial charge in [0, 0.05) is 23.4 Å². The largest absolute Gasteiger partial charge is 0.496 e. The molecule has 27 heavy (non-hydrogen) atoms. The van der Waals surface area contributed by atoms with E-state index in [9.17, 15) is 5.11 Å². The van der Waals surface area contributed by atoms with Crippen molar-refractivity contribution >= 4 is 23.0 Å². The average molecular weight is 387 g/mol. The van der Waals surface area contributed by atoms with Crippen LogP contribution in [0, 0.1) is 0 Å². The van der Waals surface area contributed by atoms with Crippen LogP contribution in [0.15, 0.2) is 36.4 Å². The molecule has 0 unspecified atom stereocenters. The van der Waals surface area contributed by atoms with E-state index in [0.717, 1.165) is 22.6 Å². The van der Waals surface area contributed by atoms with Gasteiger partial charge >= 0.3 is 0 Å². The molecule has 2 N–H and O–H groups in total. The molecule has 0 spiro atoms. The van der Waals surface area contributed by atoms with Gasteiger partial charge in [-0.15, -0.1) is 0 Å². The van der Waals surface area contributed by atoms with E-state index in [1.54, 1.807) is 14.2 Å². The normalized spacial score (nSPS) is 16.1. The molecule has 0 amide bonds. The maximum Gasteiger partial charge on any atom is 0.173 e. The molecule has 0 saturated carbocycles. The molecule has 2 aromatic carbocycles. The molecule has 0 fully saturated rings. The molecule has 0 saturated heterocycles. The Morgan fingerprint density at radius 1 is 1.11 bits per heavy atom. The van der Waals surface area contributed by atoms with Crippen molar-refractivity contribution in [3.8, 4) is 11.5 Å². The summed E-state index contributed by atoms with van der Waals surface area (Å²) in [6, 6.07) is 11.9. The number of nitrogens with zero attached hydrogens (tertiary/aromatic N) is 1. The van der Waals surface area contributed by atoms with E-state index in [1.165, 1.54) is 5.56 Å². The van der Waals surface area contributed by atoms with Gasteiger partial charge in [-0.3, -0.25) is 0 Å². The number of thiocarbonyl (C=S) groups is 1. The molecular formula is C21H26N2O3S. The van der Waals surface area contributed by atoms with Gasteiger partial charge < -0.3 is 24.8 Å². The van der Waals surface area contributed by atoms with Crippen molar-refractivity contribution in [2.45, 2.75) is 32.4 Å². The Morgan fingerprint density at radius 3 is 2.33 bits per heavy atom. The molecule has 2 aromatic rings. The van der Waals surface area contributed by atoms with E-state index in [1.807, 2.05) is 29.2 Å². The number of anilines is 1. The van der Waals surface area contributed by atoms with Crippen LogP contribution in [0.2, 0.25) is 0 Å². The van der Waals surface area contributed by atoms with Gasteiger partial charge in [-0.2, -0.15) is 0 Å². The molecule has 144 valence electrons. The van der Waals surface area contributed by atoms with Gasteiger partial charge in [0.25, 0.3) is 0 Å². The van der Waals surface area contributed by atoms with Gasteiger partial charge in [-0.1, -0.05) is 26.0 Å². The van der Waals surface area contributed by atoms with Crippen LogP contribution in [0.4, 0.5) is 5.69 Å². The van der Waals surface area contributed by atoms with Crippen LogP contribution in [0.1, 0.15) is 42.6 Å². The molecule has 0 aromatic heterocycles. The van der Waals surface area contributed by atoms with Gasteiger partial charge in [-0.25, -0.2) is 0 Å². The van der Waals surface area contributed by atoms with E-state index in [-0.39, 0.29) is 0 Å². The molecule has 0 bridgehead atoms. The molecule has 6 heteroatoms. The third kappa shape index (κ3) is 4.01. The maximum absolute atomic E-state index is 10.7. The SMILES string of the molecule is COc1ccc(OC)c2c1CN(C(=S)Nc1ccc(C(C)C)cc1)C[C@@H]2O. The first kappa shape index (κ1) is 19.5. The number of benzene rings is 2. The smallest absolute Gasteiger partial charge is 0.173 e. The fourth-order valence-electron chi connectivity index (χ4n) is 3.38. The van der Waals surface area contributed by atoms with Crippen LogP contribution in [0.3, 0.4) is 0 Å². The topological polar surface area (TPSA) is 54.0 Å². The fourth-order valence-corrected chi connectivity index (χ4v) is 3.64. The monoisotopic (exact) mass is 386 g/mol. The molecular weight excluding hydrogens is 360 g/mol. The highest BCUT2D eigenvalue weighted by molar-refractivity contribution is 7.80. The lowest BCUT2D eigenvalue weighted by atomic mass is 9.95. The predicted octanol–water partition coefficient (Wildman–Crippen LogP) is 4.07. The van der Waals surface area contributed by atoms with E-state index >= 15 is 0 Å². The summed E-state index contributed by atoms with van der Waals surface area (Å²) in [5.41, 5.74) is 3.89. The number of ether oxygens (including phenoxy) is 2. The fraction of sp³-hybridized carbons (Fsp3) is 0.381. The quantitative estimate of drug-likeness (QED) is 0.773. The molecule has 1 heterocycles. The zero-order valence-corrected chi connectivity index (χ0v) is 17.0. The van der Waals surface area contributed by atoms with Gasteiger partial charge in [-0.05, 0) is 48.0 Å². The van der Waals surface area contributed by atoms with E-state index in [0.29, 0.717) is 29.9 Å². The first-order chi connectivity index (χ1) is 12.9. The molecule has 0 aliphatic carbocycles. The summed E-state index contributed by atoms with van der Waals surface area (Å²) in [5.74, 6) is 1.88. The first-order valence-corrected chi connectivity index (χ1v) is 9.43. The lowest BCUT2D eigenvalue weighted by Gasteiger charge is -2.35. The number of fused-ring (bicyclic) bond motifs is 1. The van der Waals surface area contributed by atoms with Crippen LogP contribution in [0.5, 0.6) is 11.5 Å². The van der Waals surface area contributed by atoms with Gasteiger partial charge in [0.15, 0.2) is 5.11 Å². The summed E-state index contributed by atoms with van der Waals surface area (Å²) in [6.07, 6.45) is -0.707. The summed E-state index contributed by atoms with van der Waals surface area (Å²) < 4.78 is 10.9. The number of aliphatic hydroxyl groups is 1.